The fourth-order valence-electron chi connectivity index (χ4n) is 18.8. The highest BCUT2D eigenvalue weighted by atomic mass is 32.2. The molecule has 0 aromatic heterocycles. The van der Waals surface area contributed by atoms with Crippen molar-refractivity contribution in [2.24, 2.45) is 59.2 Å². The maximum absolute atomic E-state index is 12.6. The molecule has 32 nitrogen and oxygen atoms in total. The molecule has 10 aliphatic rings. The number of likely N-dealkylation sites (tertiary alicyclic amines) is 6. The van der Waals surface area contributed by atoms with Crippen LogP contribution in [0.25, 0.3) is 0 Å². The van der Waals surface area contributed by atoms with Gasteiger partial charge in [0.25, 0.3) is 0 Å². The zero-order valence-electron chi connectivity index (χ0n) is 95.1. The molecule has 10 aliphatic heterocycles. The number of nitrogens with one attached hydrogen (secondary N) is 8. The van der Waals surface area contributed by atoms with Gasteiger partial charge in [-0.25, -0.2) is 0 Å². The fraction of sp³-hybridized carbons (Fsp3) is 0.858. The molecular formula is C113H214N16O16S2. The van der Waals surface area contributed by atoms with Gasteiger partial charge in [-0.2, -0.15) is 0 Å². The van der Waals surface area contributed by atoms with Crippen molar-refractivity contribution in [3.05, 3.63) is 0 Å². The predicted octanol–water partition coefficient (Wildman–Crippen LogP) is 13.9. The summed E-state index contributed by atoms with van der Waals surface area (Å²) in [6, 6.07) is 0.571. The van der Waals surface area contributed by atoms with E-state index in [1.807, 2.05) is 227 Å². The van der Waals surface area contributed by atoms with E-state index >= 15 is 0 Å². The van der Waals surface area contributed by atoms with Crippen molar-refractivity contribution in [2.75, 3.05) is 77.0 Å². The Balaban J connectivity index is 0. The Labute approximate surface area is 900 Å². The molecule has 8 N–H and O–H groups in total. The van der Waals surface area contributed by atoms with Gasteiger partial charge in [-0.1, -0.05) is 279 Å². The molecule has 8 amide bonds. The highest BCUT2D eigenvalue weighted by Crippen LogP contribution is 2.40. The number of Topliss-reactive ketones (excluding diaryl/α,β-unsaturated/α-hetero) is 8. The van der Waals surface area contributed by atoms with E-state index in [1.54, 1.807) is 43.1 Å². The van der Waals surface area contributed by atoms with Crippen LogP contribution in [0.15, 0.2) is 0 Å². The van der Waals surface area contributed by atoms with Gasteiger partial charge in [-0.05, 0) is 88.9 Å². The fourth-order valence-corrected chi connectivity index (χ4v) is 21.7. The Morgan fingerprint density at radius 1 is 0.259 bits per heavy atom. The molecule has 10 heterocycles. The summed E-state index contributed by atoms with van der Waals surface area (Å²) in [5.41, 5.74) is 0. The third-order valence-corrected chi connectivity index (χ3v) is 29.2. The number of thioether (sulfide) groups is 2. The quantitative estimate of drug-likeness (QED) is 0.0281. The van der Waals surface area contributed by atoms with Crippen molar-refractivity contribution in [3.63, 3.8) is 0 Å². The van der Waals surface area contributed by atoms with Crippen molar-refractivity contribution in [2.45, 2.75) is 494 Å². The van der Waals surface area contributed by atoms with E-state index in [2.05, 4.69) is 84.1 Å². The molecule has 1 unspecified atom stereocenters. The van der Waals surface area contributed by atoms with Crippen molar-refractivity contribution in [1.29, 1.82) is 0 Å². The third kappa shape index (κ3) is 47.2. The van der Waals surface area contributed by atoms with Crippen LogP contribution < -0.4 is 42.5 Å². The van der Waals surface area contributed by atoms with Gasteiger partial charge in [-0.15, -0.1) is 23.5 Å². The molecule has 34 heteroatoms. The van der Waals surface area contributed by atoms with E-state index in [0.717, 1.165) is 95.0 Å². The van der Waals surface area contributed by atoms with Crippen LogP contribution in [0.3, 0.4) is 0 Å². The number of piperidine rings is 3. The van der Waals surface area contributed by atoms with Gasteiger partial charge in [0.05, 0.1) is 97.3 Å². The maximum atomic E-state index is 12.6. The van der Waals surface area contributed by atoms with Crippen LogP contribution in [0.4, 0.5) is 0 Å². The lowest BCUT2D eigenvalue weighted by Gasteiger charge is -2.38. The first-order valence-corrected chi connectivity index (χ1v) is 56.5. The minimum atomic E-state index is -0.249. The summed E-state index contributed by atoms with van der Waals surface area (Å²) in [5, 5.41) is 26.6. The standard InChI is InChI=1S/2C16H30N2O2.C14H24N2O2S.C13H22N2O2S.2C13H24N2O2.2C12H22N2O2.4CH4/c2*1-10(2)9-14(15(19)11(3)4)18-8-7-13(16(18)20)17-12(5)6;1-8(2)13(17)11-7-19-12-6-5-10(15-9(3)4)14(18)16(11)12;1-7(2)12(16)10-6-18-11-5-9(14-8(3)4)13(17)15(10)11;2*1-9(2)12(16)8-15-7-5-6-11(13(15)17)14-10(3)4;2*1-8(2)11(15)7-14-6-5-10(12(14)16)13-9(3)4;;;;/h2*10-14,17H,7-9H2,1-6H3;8-12,15H,5-7H2,1-4H3;7-11,14H,5-6H2,1-4H3;2*9-11,14H,5-8H2,1-4H3;2*8-10,13H,5-7H2,1-4H3;4*1H4/t13-,14+;13-,14-;10-,11-,12-;9-,10-,11?;2*11-;2*10-;;;;/m10111010..../s1. The minimum Gasteiger partial charge on any atom is -0.334 e. The molecule has 10 fully saturated rings. The zero-order valence-corrected chi connectivity index (χ0v) is 96.7. The van der Waals surface area contributed by atoms with E-state index in [-0.39, 0.29) is 292 Å². The molecule has 0 radical (unpaired) electrons. The summed E-state index contributed by atoms with van der Waals surface area (Å²) < 4.78 is 0. The lowest BCUT2D eigenvalue weighted by atomic mass is 9.93. The van der Waals surface area contributed by atoms with Crippen LogP contribution in [-0.2, 0) is 76.7 Å². The Bertz CT molecular complexity index is 3880. The average molecular weight is 2120 g/mol. The van der Waals surface area contributed by atoms with E-state index < -0.39 is 0 Å². The molecular weight excluding hydrogens is 1900 g/mol. The summed E-state index contributed by atoms with van der Waals surface area (Å²) in [5.74, 6) is 4.38. The van der Waals surface area contributed by atoms with Crippen molar-refractivity contribution in [1.82, 2.24) is 81.7 Å². The molecule has 0 aliphatic carbocycles. The summed E-state index contributed by atoms with van der Waals surface area (Å²) in [6.45, 7) is 76.6. The van der Waals surface area contributed by atoms with Crippen LogP contribution in [-0.4, -0.2) is 341 Å². The molecule has 10 saturated heterocycles. The van der Waals surface area contributed by atoms with Crippen molar-refractivity contribution < 1.29 is 76.7 Å². The van der Waals surface area contributed by atoms with Gasteiger partial charge in [0.1, 0.15) is 12.1 Å². The number of hydrogen-bond acceptors (Lipinski definition) is 26. The Morgan fingerprint density at radius 2 is 0.490 bits per heavy atom. The normalized spacial score (nSPS) is 23.3. The van der Waals surface area contributed by atoms with Gasteiger partial charge in [0.15, 0.2) is 46.3 Å². The highest BCUT2D eigenvalue weighted by molar-refractivity contribution is 8.00. The summed E-state index contributed by atoms with van der Waals surface area (Å²) in [4.78, 5) is 208. The molecule has 14 atom stereocenters. The number of ketones is 8. The number of fused-ring (bicyclic) bond motifs is 2. The van der Waals surface area contributed by atoms with E-state index in [0.29, 0.717) is 87.4 Å². The topological polar surface area (TPSA) is 395 Å². The first-order valence-electron chi connectivity index (χ1n) is 54.4. The lowest BCUT2D eigenvalue weighted by Crippen LogP contribution is -2.58. The lowest BCUT2D eigenvalue weighted by molar-refractivity contribution is -0.144. The number of hydrogen-bond donors (Lipinski definition) is 8. The molecule has 0 saturated carbocycles. The molecule has 854 valence electrons. The second-order valence-electron chi connectivity index (χ2n) is 46.4. The Kier molecular flexibility index (Phi) is 67.2. The van der Waals surface area contributed by atoms with Crippen LogP contribution in [0.1, 0.15) is 362 Å². The number of rotatable bonds is 42. The van der Waals surface area contributed by atoms with Crippen molar-refractivity contribution in [3.8, 4) is 0 Å². The van der Waals surface area contributed by atoms with Gasteiger partial charge in [-0.3, -0.25) is 76.7 Å². The molecule has 0 bridgehead atoms. The summed E-state index contributed by atoms with van der Waals surface area (Å²) >= 11 is 3.51. The van der Waals surface area contributed by atoms with Crippen LogP contribution in [0.2, 0.25) is 0 Å². The van der Waals surface area contributed by atoms with E-state index in [1.165, 1.54) is 0 Å². The minimum absolute atomic E-state index is 0. The zero-order chi connectivity index (χ0) is 109. The highest BCUT2D eigenvalue weighted by Gasteiger charge is 2.52. The maximum Gasteiger partial charge on any atom is 0.241 e. The van der Waals surface area contributed by atoms with Crippen LogP contribution in [0.5, 0.6) is 0 Å². The SMILES string of the molecule is C.C.C.C.CC(C)C[C@@H](C(=O)C(C)C)N1CC[C@@H](NC(C)C)C1=O.CC(C)C[C@@H](C(=O)C(C)C)N1CC[C@H](NC(C)C)C1=O.CC(C)N[C@@H]1CC2SC[C@H](C(=O)C(C)C)N2C1=O.CC(C)N[C@@H]1CCCN(CC(=O)C(C)C)C1=O.CC(C)N[C@@H]1CCN(CC(=O)C(C)C)C1=O.CC(C)N[C@@H]1CC[C@H]2SC[C@H](C(=O)C(C)C)N2C1=O.CC(C)N[C@H]1CCCN(CC(=O)C(C)C)C1=O.CC(C)N[C@H]1CCN(CC(=O)C(C)C)C1=O. The smallest absolute Gasteiger partial charge is 0.241 e. The van der Waals surface area contributed by atoms with E-state index in [9.17, 15) is 76.7 Å². The summed E-state index contributed by atoms with van der Waals surface area (Å²) in [6.07, 6.45) is 11.1. The van der Waals surface area contributed by atoms with Gasteiger partial charge in [0.2, 0.25) is 47.3 Å². The molecule has 0 aromatic carbocycles. The van der Waals surface area contributed by atoms with Gasteiger partial charge < -0.3 is 81.7 Å². The first-order chi connectivity index (χ1) is 66.5. The third-order valence-electron chi connectivity index (χ3n) is 26.5. The molecule has 10 rings (SSSR count). The first kappa shape index (κ1) is 143. The molecule has 0 spiro atoms. The second-order valence-corrected chi connectivity index (χ2v) is 48.9. The van der Waals surface area contributed by atoms with Crippen LogP contribution in [0, 0.1) is 59.2 Å². The van der Waals surface area contributed by atoms with E-state index in [4.69, 9.17) is 0 Å². The number of amides is 8. The summed E-state index contributed by atoms with van der Waals surface area (Å²) in [7, 11) is 0. The molecule has 0 aromatic rings. The number of nitrogens with zero attached hydrogens (tertiary/aromatic N) is 8. The number of carbonyl (C=O) groups is 16. The average Bonchev–Trinajstić information content (AvgIpc) is 1.62. The Hall–Kier alpha value is -6.50. The molecule has 147 heavy (non-hydrogen) atoms. The predicted molar refractivity (Wildman–Crippen MR) is 603 cm³/mol. The Morgan fingerprint density at radius 3 is 0.748 bits per heavy atom. The second kappa shape index (κ2) is 69.3. The largest absolute Gasteiger partial charge is 0.334 e. The van der Waals surface area contributed by atoms with Gasteiger partial charge in [0, 0.05) is 153 Å². The monoisotopic (exact) mass is 2120 g/mol. The van der Waals surface area contributed by atoms with Crippen LogP contribution >= 0.6 is 23.5 Å². The van der Waals surface area contributed by atoms with Gasteiger partial charge >= 0.3 is 0 Å². The number of carbonyl (C=O) groups excluding carboxylic acids is 16. The van der Waals surface area contributed by atoms with Crippen molar-refractivity contribution >= 4 is 117 Å².